The molecular formula is C14H19N3O2S. The van der Waals surface area contributed by atoms with E-state index >= 15 is 0 Å². The van der Waals surface area contributed by atoms with Gasteiger partial charge in [-0.3, -0.25) is 0 Å². The Balaban J connectivity index is 1.74. The minimum absolute atomic E-state index is 0.274. The van der Waals surface area contributed by atoms with Gasteiger partial charge in [-0.1, -0.05) is 30.8 Å². The summed E-state index contributed by atoms with van der Waals surface area (Å²) in [6.45, 7) is 2.39. The molecule has 1 aromatic carbocycles. The van der Waals surface area contributed by atoms with E-state index in [0.29, 0.717) is 5.75 Å². The van der Waals surface area contributed by atoms with Gasteiger partial charge >= 0.3 is 0 Å². The second-order valence-corrected chi connectivity index (χ2v) is 5.48. The van der Waals surface area contributed by atoms with Gasteiger partial charge < -0.3 is 14.4 Å². The van der Waals surface area contributed by atoms with Gasteiger partial charge in [0.2, 0.25) is 0 Å². The van der Waals surface area contributed by atoms with Crippen LogP contribution in [0.5, 0.6) is 5.75 Å². The number of rotatable bonds is 7. The van der Waals surface area contributed by atoms with Crippen LogP contribution < -0.4 is 4.74 Å². The lowest BCUT2D eigenvalue weighted by Crippen LogP contribution is -2.20. The Morgan fingerprint density at radius 1 is 1.35 bits per heavy atom. The molecule has 0 aliphatic rings. The number of hydrogen-bond donors (Lipinski definition) is 1. The maximum Gasteiger partial charge on any atom is 0.190 e. The molecule has 0 saturated carbocycles. The smallest absolute Gasteiger partial charge is 0.190 e. The quantitative estimate of drug-likeness (QED) is 0.790. The van der Waals surface area contributed by atoms with Crippen LogP contribution in [-0.2, 0) is 13.5 Å². The topological polar surface area (TPSA) is 60.2 Å². The van der Waals surface area contributed by atoms with E-state index in [-0.39, 0.29) is 6.61 Å². The number of hydrogen-bond acceptors (Lipinski definition) is 5. The molecule has 0 aliphatic carbocycles. The third kappa shape index (κ3) is 4.25. The van der Waals surface area contributed by atoms with Crippen LogP contribution >= 0.6 is 11.8 Å². The van der Waals surface area contributed by atoms with Gasteiger partial charge in [-0.2, -0.15) is 0 Å². The third-order valence-electron chi connectivity index (χ3n) is 2.85. The number of nitrogens with zero attached hydrogens (tertiary/aromatic N) is 3. The fraction of sp³-hybridized carbons (Fsp3) is 0.429. The summed E-state index contributed by atoms with van der Waals surface area (Å²) < 4.78 is 7.38. The van der Waals surface area contributed by atoms with Crippen molar-refractivity contribution in [1.82, 2.24) is 14.8 Å². The van der Waals surface area contributed by atoms with Crippen molar-refractivity contribution in [2.24, 2.45) is 7.05 Å². The molecule has 1 N–H and O–H groups in total. The molecule has 0 saturated heterocycles. The van der Waals surface area contributed by atoms with E-state index in [0.717, 1.165) is 17.3 Å². The Labute approximate surface area is 123 Å². The summed E-state index contributed by atoms with van der Waals surface area (Å²) in [4.78, 5) is 0. The van der Waals surface area contributed by atoms with Crippen molar-refractivity contribution in [3.63, 3.8) is 0 Å². The monoisotopic (exact) mass is 293 g/mol. The summed E-state index contributed by atoms with van der Waals surface area (Å²) in [6.07, 6.45) is 2.11. The van der Waals surface area contributed by atoms with Crippen LogP contribution in [0.3, 0.4) is 0 Å². The van der Waals surface area contributed by atoms with E-state index in [1.165, 1.54) is 17.3 Å². The minimum atomic E-state index is -0.539. The van der Waals surface area contributed by atoms with Crippen molar-refractivity contribution < 1.29 is 9.84 Å². The highest BCUT2D eigenvalue weighted by Crippen LogP contribution is 2.16. The predicted molar refractivity (Wildman–Crippen MR) is 79.0 cm³/mol. The number of aliphatic hydroxyl groups excluding tert-OH is 1. The maximum absolute atomic E-state index is 9.90. The van der Waals surface area contributed by atoms with Crippen LogP contribution in [0.15, 0.2) is 35.7 Å². The first-order valence-corrected chi connectivity index (χ1v) is 7.54. The Morgan fingerprint density at radius 3 is 2.70 bits per heavy atom. The van der Waals surface area contributed by atoms with Crippen molar-refractivity contribution in [2.75, 3.05) is 12.4 Å². The lowest BCUT2D eigenvalue weighted by Gasteiger charge is -2.12. The zero-order valence-corrected chi connectivity index (χ0v) is 12.5. The van der Waals surface area contributed by atoms with Crippen molar-refractivity contribution in [3.05, 3.63) is 36.2 Å². The van der Waals surface area contributed by atoms with E-state index < -0.39 is 6.10 Å². The van der Waals surface area contributed by atoms with Crippen LogP contribution in [0.1, 0.15) is 12.5 Å². The fourth-order valence-corrected chi connectivity index (χ4v) is 2.43. The first-order valence-electron chi connectivity index (χ1n) is 6.55. The SMILES string of the molecule is CCc1ccc(OC[C@@H](O)CSc2nncn2C)cc1. The molecule has 2 rings (SSSR count). The van der Waals surface area contributed by atoms with Crippen LogP contribution in [0.25, 0.3) is 0 Å². The number of ether oxygens (including phenoxy) is 1. The highest BCUT2D eigenvalue weighted by molar-refractivity contribution is 7.99. The van der Waals surface area contributed by atoms with E-state index in [2.05, 4.69) is 17.1 Å². The Kier molecular flexibility index (Phi) is 5.43. The van der Waals surface area contributed by atoms with Gasteiger partial charge in [0.25, 0.3) is 0 Å². The van der Waals surface area contributed by atoms with Crippen LogP contribution in [-0.4, -0.2) is 38.3 Å². The molecule has 5 nitrogen and oxygen atoms in total. The second kappa shape index (κ2) is 7.31. The Bertz CT molecular complexity index is 527. The molecule has 1 aromatic heterocycles. The van der Waals surface area contributed by atoms with Crippen molar-refractivity contribution in [2.45, 2.75) is 24.6 Å². The van der Waals surface area contributed by atoms with Crippen molar-refractivity contribution in [3.8, 4) is 5.75 Å². The molecule has 6 heteroatoms. The van der Waals surface area contributed by atoms with Gasteiger partial charge in [0, 0.05) is 12.8 Å². The first kappa shape index (κ1) is 14.9. The molecule has 0 spiro atoms. The normalized spacial score (nSPS) is 12.3. The van der Waals surface area contributed by atoms with Crippen LogP contribution in [0.2, 0.25) is 0 Å². The molecule has 1 heterocycles. The van der Waals surface area contributed by atoms with Gasteiger partial charge in [0.15, 0.2) is 5.16 Å². The number of thioether (sulfide) groups is 1. The summed E-state index contributed by atoms with van der Waals surface area (Å²) >= 11 is 1.46. The molecule has 0 unspecified atom stereocenters. The average Bonchev–Trinajstić information content (AvgIpc) is 2.89. The molecule has 0 radical (unpaired) electrons. The van der Waals surface area contributed by atoms with E-state index in [4.69, 9.17) is 4.74 Å². The van der Waals surface area contributed by atoms with Crippen LogP contribution in [0, 0.1) is 0 Å². The van der Waals surface area contributed by atoms with Gasteiger partial charge in [-0.15, -0.1) is 10.2 Å². The van der Waals surface area contributed by atoms with Crippen molar-refractivity contribution >= 4 is 11.8 Å². The number of aryl methyl sites for hydroxylation is 2. The molecule has 0 aliphatic heterocycles. The number of benzene rings is 1. The van der Waals surface area contributed by atoms with Gasteiger partial charge in [0.05, 0.1) is 6.10 Å². The predicted octanol–water partition coefficient (Wildman–Crippen LogP) is 1.91. The lowest BCUT2D eigenvalue weighted by atomic mass is 10.2. The molecule has 0 amide bonds. The fourth-order valence-electron chi connectivity index (χ4n) is 1.64. The van der Waals surface area contributed by atoms with Crippen LogP contribution in [0.4, 0.5) is 0 Å². The highest BCUT2D eigenvalue weighted by atomic mass is 32.2. The molecule has 1 atom stereocenters. The minimum Gasteiger partial charge on any atom is -0.491 e. The molecular weight excluding hydrogens is 274 g/mol. The first-order chi connectivity index (χ1) is 9.69. The standard InChI is InChI=1S/C14H19N3O2S/c1-3-11-4-6-13(7-5-11)19-8-12(18)9-20-14-16-15-10-17(14)2/h4-7,10,12,18H,3,8-9H2,1-2H3/t12-/m1/s1. The lowest BCUT2D eigenvalue weighted by molar-refractivity contribution is 0.126. The average molecular weight is 293 g/mol. The zero-order chi connectivity index (χ0) is 14.4. The maximum atomic E-state index is 9.90. The number of aromatic nitrogens is 3. The third-order valence-corrected chi connectivity index (χ3v) is 4.03. The second-order valence-electron chi connectivity index (χ2n) is 4.50. The Hall–Kier alpha value is -1.53. The van der Waals surface area contributed by atoms with E-state index in [9.17, 15) is 5.11 Å². The van der Waals surface area contributed by atoms with Crippen molar-refractivity contribution in [1.29, 1.82) is 0 Å². The molecule has 108 valence electrons. The van der Waals surface area contributed by atoms with E-state index in [1.807, 2.05) is 35.9 Å². The van der Waals surface area contributed by atoms with Gasteiger partial charge in [-0.05, 0) is 24.1 Å². The summed E-state index contributed by atoms with van der Waals surface area (Å²) in [5.41, 5.74) is 1.27. The van der Waals surface area contributed by atoms with Gasteiger partial charge in [-0.25, -0.2) is 0 Å². The largest absolute Gasteiger partial charge is 0.491 e. The zero-order valence-electron chi connectivity index (χ0n) is 11.7. The molecule has 0 bridgehead atoms. The molecule has 0 fully saturated rings. The van der Waals surface area contributed by atoms with E-state index in [1.54, 1.807) is 6.33 Å². The number of aliphatic hydroxyl groups is 1. The molecule has 20 heavy (non-hydrogen) atoms. The summed E-state index contributed by atoms with van der Waals surface area (Å²) in [5.74, 6) is 1.31. The summed E-state index contributed by atoms with van der Waals surface area (Å²) in [7, 11) is 1.88. The Morgan fingerprint density at radius 2 is 2.10 bits per heavy atom. The highest BCUT2D eigenvalue weighted by Gasteiger charge is 2.09. The summed E-state index contributed by atoms with van der Waals surface area (Å²) in [6, 6.07) is 7.94. The molecule has 2 aromatic rings. The summed E-state index contributed by atoms with van der Waals surface area (Å²) in [5, 5.41) is 18.4. The van der Waals surface area contributed by atoms with Gasteiger partial charge in [0.1, 0.15) is 18.7 Å².